The summed E-state index contributed by atoms with van der Waals surface area (Å²) in [5.74, 6) is -1.75. The van der Waals surface area contributed by atoms with Crippen LogP contribution in [0.4, 0.5) is 4.39 Å². The Labute approximate surface area is 161 Å². The number of hydrogen-bond acceptors (Lipinski definition) is 4. The number of benzene rings is 1. The molecule has 4 nitrogen and oxygen atoms in total. The van der Waals surface area contributed by atoms with Gasteiger partial charge in [-0.3, -0.25) is 0 Å². The summed E-state index contributed by atoms with van der Waals surface area (Å²) in [6, 6.07) is 5.23. The number of ether oxygens (including phenoxy) is 2. The summed E-state index contributed by atoms with van der Waals surface area (Å²) < 4.78 is 22.9. The zero-order valence-corrected chi connectivity index (χ0v) is 16.3. The van der Waals surface area contributed by atoms with Crippen molar-refractivity contribution in [1.29, 1.82) is 0 Å². The normalized spacial score (nSPS) is 10.9. The van der Waals surface area contributed by atoms with E-state index in [1.54, 1.807) is 0 Å². The van der Waals surface area contributed by atoms with E-state index in [0.29, 0.717) is 6.61 Å². The van der Waals surface area contributed by atoms with Gasteiger partial charge in [-0.15, -0.1) is 0 Å². The van der Waals surface area contributed by atoms with Crippen LogP contribution in [0, 0.1) is 5.82 Å². The molecule has 0 saturated heterocycles. The molecule has 0 radical (unpaired) electrons. The van der Waals surface area contributed by atoms with E-state index in [1.807, 2.05) is 0 Å². The van der Waals surface area contributed by atoms with E-state index in [4.69, 9.17) is 9.47 Å². The molecule has 5 heteroatoms. The van der Waals surface area contributed by atoms with Crippen molar-refractivity contribution in [2.45, 2.75) is 71.1 Å². The third-order valence-electron chi connectivity index (χ3n) is 4.11. The van der Waals surface area contributed by atoms with E-state index >= 15 is 0 Å². The van der Waals surface area contributed by atoms with Gasteiger partial charge in [-0.1, -0.05) is 70.8 Å². The topological polar surface area (TPSA) is 52.6 Å². The van der Waals surface area contributed by atoms with Gasteiger partial charge in [-0.05, 0) is 18.6 Å². The summed E-state index contributed by atoms with van der Waals surface area (Å²) in [6.07, 6.45) is 14.1. The Morgan fingerprint density at radius 2 is 1.48 bits per heavy atom. The van der Waals surface area contributed by atoms with Gasteiger partial charge in [-0.25, -0.2) is 14.0 Å². The molecule has 0 aliphatic rings. The van der Waals surface area contributed by atoms with Gasteiger partial charge in [0, 0.05) is 18.2 Å². The smallest absolute Gasteiger partial charge is 0.336 e. The Kier molecular flexibility index (Phi) is 12.7. The minimum atomic E-state index is -0.753. The van der Waals surface area contributed by atoms with Gasteiger partial charge in [0.25, 0.3) is 0 Å². The first-order chi connectivity index (χ1) is 13.1. The second kappa shape index (κ2) is 14.9. The number of unbranched alkanes of at least 4 members (excludes halogenated alkanes) is 9. The van der Waals surface area contributed by atoms with Crippen molar-refractivity contribution in [1.82, 2.24) is 0 Å². The fraction of sp³-hybridized carbons (Fsp3) is 0.545. The molecule has 0 aromatic heterocycles. The number of esters is 2. The number of carbonyl (C=O) groups excluding carboxylic acids is 2. The lowest BCUT2D eigenvalue weighted by Gasteiger charge is -2.03. The Morgan fingerprint density at radius 1 is 0.889 bits per heavy atom. The van der Waals surface area contributed by atoms with E-state index < -0.39 is 17.8 Å². The van der Waals surface area contributed by atoms with Crippen molar-refractivity contribution in [3.63, 3.8) is 0 Å². The van der Waals surface area contributed by atoms with Gasteiger partial charge in [0.1, 0.15) is 11.6 Å². The molecule has 0 amide bonds. The lowest BCUT2D eigenvalue weighted by molar-refractivity contribution is -0.138. The molecule has 1 aromatic carbocycles. The highest BCUT2D eigenvalue weighted by Gasteiger charge is 2.04. The minimum Gasteiger partial charge on any atom is -0.463 e. The third-order valence-corrected chi connectivity index (χ3v) is 4.11. The largest absolute Gasteiger partial charge is 0.463 e. The van der Waals surface area contributed by atoms with Gasteiger partial charge in [-0.2, -0.15) is 0 Å². The zero-order chi connectivity index (χ0) is 19.7. The van der Waals surface area contributed by atoms with Gasteiger partial charge in [0.05, 0.1) is 6.61 Å². The predicted octanol–water partition coefficient (Wildman–Crippen LogP) is 5.75. The van der Waals surface area contributed by atoms with Crippen LogP contribution in [0.25, 0.3) is 0 Å². The number of halogens is 1. The molecule has 1 aromatic rings. The molecular weight excluding hydrogens is 347 g/mol. The standard InChI is InChI=1S/C22H31FO4/c1-2-3-4-5-6-7-8-9-10-11-17-26-21(24)15-16-22(25)27-20-14-12-13-19(23)18-20/h12-16,18H,2-11,17H2,1H3/b16-15+. The van der Waals surface area contributed by atoms with Crippen LogP contribution < -0.4 is 4.74 Å². The van der Waals surface area contributed by atoms with E-state index in [9.17, 15) is 14.0 Å². The molecule has 27 heavy (non-hydrogen) atoms. The molecule has 0 unspecified atom stereocenters. The van der Waals surface area contributed by atoms with Crippen molar-refractivity contribution in [3.8, 4) is 5.75 Å². The van der Waals surface area contributed by atoms with Crippen LogP contribution in [0.5, 0.6) is 5.75 Å². The number of carbonyl (C=O) groups is 2. The van der Waals surface area contributed by atoms with Gasteiger partial charge in [0.2, 0.25) is 0 Å². The number of rotatable bonds is 14. The second-order valence-corrected chi connectivity index (χ2v) is 6.56. The van der Waals surface area contributed by atoms with Crippen LogP contribution >= 0.6 is 0 Å². The molecule has 0 bridgehead atoms. The fourth-order valence-electron chi connectivity index (χ4n) is 2.63. The van der Waals surface area contributed by atoms with Crippen molar-refractivity contribution >= 4 is 11.9 Å². The van der Waals surface area contributed by atoms with Crippen LogP contribution in [0.15, 0.2) is 36.4 Å². The monoisotopic (exact) mass is 378 g/mol. The van der Waals surface area contributed by atoms with Crippen molar-refractivity contribution in [2.24, 2.45) is 0 Å². The molecule has 0 aliphatic heterocycles. The van der Waals surface area contributed by atoms with Crippen LogP contribution in [-0.2, 0) is 14.3 Å². The first-order valence-electron chi connectivity index (χ1n) is 9.94. The maximum absolute atomic E-state index is 13.0. The second-order valence-electron chi connectivity index (χ2n) is 6.56. The van der Waals surface area contributed by atoms with E-state index in [-0.39, 0.29) is 5.75 Å². The van der Waals surface area contributed by atoms with E-state index in [0.717, 1.165) is 37.5 Å². The third kappa shape index (κ3) is 12.8. The van der Waals surface area contributed by atoms with Gasteiger partial charge in [0.15, 0.2) is 0 Å². The zero-order valence-electron chi connectivity index (χ0n) is 16.3. The maximum atomic E-state index is 13.0. The highest BCUT2D eigenvalue weighted by molar-refractivity contribution is 5.92. The van der Waals surface area contributed by atoms with Crippen molar-refractivity contribution in [2.75, 3.05) is 6.61 Å². The SMILES string of the molecule is CCCCCCCCCCCCOC(=O)/C=C/C(=O)Oc1cccc(F)c1. The highest BCUT2D eigenvalue weighted by Crippen LogP contribution is 2.12. The molecule has 0 heterocycles. The molecule has 0 aliphatic carbocycles. The lowest BCUT2D eigenvalue weighted by Crippen LogP contribution is -2.07. The summed E-state index contributed by atoms with van der Waals surface area (Å²) in [5.41, 5.74) is 0. The average Bonchev–Trinajstić information content (AvgIpc) is 2.64. The van der Waals surface area contributed by atoms with Crippen LogP contribution in [-0.4, -0.2) is 18.5 Å². The molecule has 0 atom stereocenters. The summed E-state index contributed by atoms with van der Waals surface area (Å²) in [4.78, 5) is 23.1. The summed E-state index contributed by atoms with van der Waals surface area (Å²) in [5, 5.41) is 0. The molecule has 0 fully saturated rings. The first kappa shape index (κ1) is 22.9. The van der Waals surface area contributed by atoms with Gasteiger partial charge >= 0.3 is 11.9 Å². The molecule has 0 N–H and O–H groups in total. The average molecular weight is 378 g/mol. The van der Waals surface area contributed by atoms with E-state index in [2.05, 4.69) is 6.92 Å². The van der Waals surface area contributed by atoms with Crippen molar-refractivity contribution in [3.05, 3.63) is 42.2 Å². The molecular formula is C22H31FO4. The summed E-state index contributed by atoms with van der Waals surface area (Å²) in [6.45, 7) is 2.57. The lowest BCUT2D eigenvalue weighted by atomic mass is 10.1. The van der Waals surface area contributed by atoms with Crippen LogP contribution in [0.3, 0.4) is 0 Å². The Hall–Kier alpha value is -2.17. The fourth-order valence-corrected chi connectivity index (χ4v) is 2.63. The minimum absolute atomic E-state index is 0.0865. The Balaban J connectivity index is 2.02. The summed E-state index contributed by atoms with van der Waals surface area (Å²) >= 11 is 0. The number of hydrogen-bond donors (Lipinski definition) is 0. The first-order valence-corrected chi connectivity index (χ1v) is 9.94. The predicted molar refractivity (Wildman–Crippen MR) is 104 cm³/mol. The van der Waals surface area contributed by atoms with Crippen LogP contribution in [0.2, 0.25) is 0 Å². The molecule has 150 valence electrons. The highest BCUT2D eigenvalue weighted by atomic mass is 19.1. The summed E-state index contributed by atoms with van der Waals surface area (Å²) in [7, 11) is 0. The molecule has 1 rings (SSSR count). The van der Waals surface area contributed by atoms with E-state index in [1.165, 1.54) is 63.1 Å². The quantitative estimate of drug-likeness (QED) is 0.179. The maximum Gasteiger partial charge on any atom is 0.336 e. The molecule has 0 spiro atoms. The van der Waals surface area contributed by atoms with Crippen LogP contribution in [0.1, 0.15) is 71.1 Å². The van der Waals surface area contributed by atoms with Crippen molar-refractivity contribution < 1.29 is 23.5 Å². The van der Waals surface area contributed by atoms with Gasteiger partial charge < -0.3 is 9.47 Å². The Bertz CT molecular complexity index is 583. The molecule has 0 saturated carbocycles. The Morgan fingerprint density at radius 3 is 2.11 bits per heavy atom.